The molecule has 1 aliphatic heterocycles. The Bertz CT molecular complexity index is 161. The van der Waals surface area contributed by atoms with Crippen LogP contribution in [0, 0.1) is 5.92 Å². The van der Waals surface area contributed by atoms with E-state index >= 15 is 0 Å². The van der Waals surface area contributed by atoms with Crippen LogP contribution in [-0.2, 0) is 0 Å². The molecule has 0 bridgehead atoms. The maximum absolute atomic E-state index is 9.97. The molecular formula is C10H22N2O. The predicted octanol–water partition coefficient (Wildman–Crippen LogP) is 0.249. The Labute approximate surface area is 81.3 Å². The van der Waals surface area contributed by atoms with E-state index in [2.05, 4.69) is 37.7 Å². The highest BCUT2D eigenvalue weighted by molar-refractivity contribution is 4.85. The molecule has 13 heavy (non-hydrogen) atoms. The average molecular weight is 186 g/mol. The van der Waals surface area contributed by atoms with Crippen LogP contribution in [-0.4, -0.2) is 60.8 Å². The topological polar surface area (TPSA) is 26.7 Å². The molecule has 2 atom stereocenters. The molecule has 0 aromatic rings. The third-order valence-corrected chi connectivity index (χ3v) is 2.98. The lowest BCUT2D eigenvalue weighted by Gasteiger charge is -2.41. The number of rotatable bonds is 2. The highest BCUT2D eigenvalue weighted by Gasteiger charge is 2.29. The van der Waals surface area contributed by atoms with E-state index < -0.39 is 0 Å². The second-order valence-corrected chi connectivity index (χ2v) is 4.54. The van der Waals surface area contributed by atoms with Crippen LogP contribution in [0.15, 0.2) is 0 Å². The van der Waals surface area contributed by atoms with Gasteiger partial charge < -0.3 is 10.0 Å². The summed E-state index contributed by atoms with van der Waals surface area (Å²) in [5.41, 5.74) is 0. The van der Waals surface area contributed by atoms with Crippen LogP contribution >= 0.6 is 0 Å². The molecule has 1 heterocycles. The Morgan fingerprint density at radius 2 is 1.85 bits per heavy atom. The number of nitrogens with zero attached hydrogens (tertiary/aromatic N) is 2. The smallest absolute Gasteiger partial charge is 0.0730 e. The molecule has 0 saturated carbocycles. The number of hydrogen-bond donors (Lipinski definition) is 1. The average Bonchev–Trinajstić information content (AvgIpc) is 2.08. The van der Waals surface area contributed by atoms with Crippen molar-refractivity contribution in [3.05, 3.63) is 0 Å². The van der Waals surface area contributed by atoms with Gasteiger partial charge in [0, 0.05) is 25.7 Å². The van der Waals surface area contributed by atoms with E-state index in [9.17, 15) is 5.11 Å². The summed E-state index contributed by atoms with van der Waals surface area (Å²) in [5.74, 6) is 0.346. The number of hydrogen-bond acceptors (Lipinski definition) is 3. The van der Waals surface area contributed by atoms with E-state index in [4.69, 9.17) is 0 Å². The van der Waals surface area contributed by atoms with Gasteiger partial charge in [-0.05, 0) is 20.0 Å². The minimum atomic E-state index is -0.201. The summed E-state index contributed by atoms with van der Waals surface area (Å²) in [4.78, 5) is 4.56. The molecule has 1 saturated heterocycles. The molecule has 0 spiro atoms. The van der Waals surface area contributed by atoms with Crippen LogP contribution in [0.25, 0.3) is 0 Å². The Morgan fingerprint density at radius 3 is 2.38 bits per heavy atom. The summed E-state index contributed by atoms with van der Waals surface area (Å²) in [6, 6.07) is 0.304. The minimum Gasteiger partial charge on any atom is -0.391 e. The molecule has 3 nitrogen and oxygen atoms in total. The summed E-state index contributed by atoms with van der Waals surface area (Å²) in [6.07, 6.45) is -0.201. The molecule has 0 aromatic carbocycles. The molecule has 0 radical (unpaired) electrons. The molecule has 1 aliphatic rings. The van der Waals surface area contributed by atoms with Crippen molar-refractivity contribution in [1.82, 2.24) is 9.80 Å². The number of likely N-dealkylation sites (N-methyl/N-ethyl adjacent to an activating group) is 2. The molecular weight excluding hydrogens is 164 g/mol. The molecule has 0 aromatic heterocycles. The second-order valence-electron chi connectivity index (χ2n) is 4.54. The SMILES string of the molecule is CC(C)C(O)C1CN(C)CCN1C. The Hall–Kier alpha value is -0.120. The highest BCUT2D eigenvalue weighted by Crippen LogP contribution is 2.15. The van der Waals surface area contributed by atoms with E-state index in [0.717, 1.165) is 19.6 Å². The van der Waals surface area contributed by atoms with Crippen molar-refractivity contribution >= 4 is 0 Å². The molecule has 2 unspecified atom stereocenters. The molecule has 1 N–H and O–H groups in total. The zero-order valence-electron chi connectivity index (χ0n) is 9.20. The maximum atomic E-state index is 9.97. The molecule has 78 valence electrons. The predicted molar refractivity (Wildman–Crippen MR) is 54.8 cm³/mol. The van der Waals surface area contributed by atoms with Crippen LogP contribution < -0.4 is 0 Å². The molecule has 0 amide bonds. The third kappa shape index (κ3) is 2.66. The molecule has 3 heteroatoms. The van der Waals surface area contributed by atoms with Crippen molar-refractivity contribution in [3.63, 3.8) is 0 Å². The van der Waals surface area contributed by atoms with Crippen molar-refractivity contribution in [2.24, 2.45) is 5.92 Å². The van der Waals surface area contributed by atoms with Crippen LogP contribution in [0.5, 0.6) is 0 Å². The second kappa shape index (κ2) is 4.40. The Balaban J connectivity index is 2.54. The number of aliphatic hydroxyl groups is 1. The maximum Gasteiger partial charge on any atom is 0.0730 e. The first-order valence-corrected chi connectivity index (χ1v) is 5.09. The first-order valence-electron chi connectivity index (χ1n) is 5.09. The van der Waals surface area contributed by atoms with E-state index in [-0.39, 0.29) is 6.10 Å². The lowest BCUT2D eigenvalue weighted by atomic mass is 9.97. The Kier molecular flexibility index (Phi) is 3.71. The van der Waals surface area contributed by atoms with Crippen LogP contribution in [0.4, 0.5) is 0 Å². The first kappa shape index (κ1) is 11.0. The third-order valence-electron chi connectivity index (χ3n) is 2.98. The van der Waals surface area contributed by atoms with Gasteiger partial charge >= 0.3 is 0 Å². The van der Waals surface area contributed by atoms with Gasteiger partial charge in [0.2, 0.25) is 0 Å². The van der Waals surface area contributed by atoms with Gasteiger partial charge in [-0.25, -0.2) is 0 Å². The largest absolute Gasteiger partial charge is 0.391 e. The monoisotopic (exact) mass is 186 g/mol. The summed E-state index contributed by atoms with van der Waals surface area (Å²) in [5, 5.41) is 9.97. The van der Waals surface area contributed by atoms with Crippen molar-refractivity contribution < 1.29 is 5.11 Å². The van der Waals surface area contributed by atoms with E-state index in [0.29, 0.717) is 12.0 Å². The molecule has 0 aliphatic carbocycles. The van der Waals surface area contributed by atoms with Gasteiger partial charge in [-0.15, -0.1) is 0 Å². The van der Waals surface area contributed by atoms with Gasteiger partial charge in [0.25, 0.3) is 0 Å². The molecule has 1 fully saturated rings. The van der Waals surface area contributed by atoms with Gasteiger partial charge in [0.05, 0.1) is 6.10 Å². The molecule has 1 rings (SSSR count). The van der Waals surface area contributed by atoms with Crippen LogP contribution in [0.3, 0.4) is 0 Å². The summed E-state index contributed by atoms with van der Waals surface area (Å²) >= 11 is 0. The zero-order valence-corrected chi connectivity index (χ0v) is 9.20. The van der Waals surface area contributed by atoms with Crippen molar-refractivity contribution in [2.45, 2.75) is 26.0 Å². The van der Waals surface area contributed by atoms with E-state index in [1.807, 2.05) is 0 Å². The fourth-order valence-corrected chi connectivity index (χ4v) is 1.86. The van der Waals surface area contributed by atoms with E-state index in [1.54, 1.807) is 0 Å². The zero-order chi connectivity index (χ0) is 10.0. The minimum absolute atomic E-state index is 0.201. The Morgan fingerprint density at radius 1 is 1.23 bits per heavy atom. The van der Waals surface area contributed by atoms with Crippen molar-refractivity contribution in [2.75, 3.05) is 33.7 Å². The van der Waals surface area contributed by atoms with E-state index in [1.165, 1.54) is 0 Å². The lowest BCUT2D eigenvalue weighted by molar-refractivity contribution is -0.00784. The highest BCUT2D eigenvalue weighted by atomic mass is 16.3. The number of piperazine rings is 1. The van der Waals surface area contributed by atoms with Gasteiger partial charge in [0.1, 0.15) is 0 Å². The van der Waals surface area contributed by atoms with Gasteiger partial charge in [-0.3, -0.25) is 4.90 Å². The summed E-state index contributed by atoms with van der Waals surface area (Å²) in [7, 11) is 4.22. The summed E-state index contributed by atoms with van der Waals surface area (Å²) < 4.78 is 0. The fourth-order valence-electron chi connectivity index (χ4n) is 1.86. The lowest BCUT2D eigenvalue weighted by Crippen LogP contribution is -2.56. The van der Waals surface area contributed by atoms with Gasteiger partial charge in [0.15, 0.2) is 0 Å². The van der Waals surface area contributed by atoms with Crippen molar-refractivity contribution in [3.8, 4) is 0 Å². The summed E-state index contributed by atoms with van der Waals surface area (Å²) in [6.45, 7) is 7.30. The van der Waals surface area contributed by atoms with Crippen LogP contribution in [0.1, 0.15) is 13.8 Å². The quantitative estimate of drug-likeness (QED) is 0.669. The van der Waals surface area contributed by atoms with Gasteiger partial charge in [-0.2, -0.15) is 0 Å². The first-order chi connectivity index (χ1) is 6.02. The van der Waals surface area contributed by atoms with Crippen LogP contribution in [0.2, 0.25) is 0 Å². The van der Waals surface area contributed by atoms with Gasteiger partial charge in [-0.1, -0.05) is 13.8 Å². The van der Waals surface area contributed by atoms with Crippen molar-refractivity contribution in [1.29, 1.82) is 0 Å². The number of aliphatic hydroxyl groups excluding tert-OH is 1. The fraction of sp³-hybridized carbons (Fsp3) is 1.00. The standard InChI is InChI=1S/C10H22N2O/c1-8(2)10(13)9-7-11(3)5-6-12(9)4/h8-10,13H,5-7H2,1-4H3. The normalized spacial score (nSPS) is 29.5.